The van der Waals surface area contributed by atoms with Crippen LogP contribution in [0, 0.1) is 5.41 Å². The molecule has 1 aromatic heterocycles. The van der Waals surface area contributed by atoms with Crippen LogP contribution in [-0.4, -0.2) is 72.9 Å². The van der Waals surface area contributed by atoms with Gasteiger partial charge in [-0.15, -0.1) is 6.58 Å². The number of piperidine rings is 1. The molecule has 2 saturated heterocycles. The summed E-state index contributed by atoms with van der Waals surface area (Å²) in [5, 5.41) is 9.93. The molecule has 0 spiro atoms. The molecule has 0 radical (unpaired) electrons. The third-order valence-corrected chi connectivity index (χ3v) is 5.44. The van der Waals surface area contributed by atoms with Crippen LogP contribution in [0.25, 0.3) is 0 Å². The number of nitrogens with two attached hydrogens (primary N) is 1. The van der Waals surface area contributed by atoms with Crippen molar-refractivity contribution in [1.82, 2.24) is 14.9 Å². The molecule has 0 aromatic carbocycles. The quantitative estimate of drug-likeness (QED) is 0.769. The van der Waals surface area contributed by atoms with Gasteiger partial charge in [0.25, 0.3) is 0 Å². The van der Waals surface area contributed by atoms with Crippen molar-refractivity contribution in [3.63, 3.8) is 0 Å². The first-order valence-electron chi connectivity index (χ1n) is 9.10. The zero-order valence-corrected chi connectivity index (χ0v) is 15.2. The number of likely N-dealkylation sites (N-methyl/N-ethyl adjacent to an activating group) is 1. The Hall–Kier alpha value is -1.86. The summed E-state index contributed by atoms with van der Waals surface area (Å²) in [7, 11) is 2.14. The Balaban J connectivity index is 1.81. The largest absolute Gasteiger partial charge is 0.396 e. The third-order valence-electron chi connectivity index (χ3n) is 5.44. The lowest BCUT2D eigenvalue weighted by molar-refractivity contribution is 0.108. The molecule has 3 heterocycles. The van der Waals surface area contributed by atoms with E-state index in [4.69, 9.17) is 5.73 Å². The summed E-state index contributed by atoms with van der Waals surface area (Å²) in [6.45, 7) is 9.67. The van der Waals surface area contributed by atoms with Crippen molar-refractivity contribution in [3.05, 3.63) is 18.7 Å². The van der Waals surface area contributed by atoms with Gasteiger partial charge in [-0.25, -0.2) is 0 Å². The first kappa shape index (κ1) is 17.9. The van der Waals surface area contributed by atoms with Crippen LogP contribution in [0.4, 0.5) is 17.6 Å². The molecule has 0 saturated carbocycles. The number of allylic oxidation sites excluding steroid dienone is 1. The van der Waals surface area contributed by atoms with E-state index in [1.165, 1.54) is 0 Å². The zero-order valence-electron chi connectivity index (χ0n) is 15.2. The standard InChI is InChI=1S/C18H30N6O/c1-3-5-18(14-25)6-4-7-24(13-18)16-12-15(20-17(19)21-16)23-10-8-22(2)9-11-23/h3,12,25H,1,4-11,13-14H2,2H3,(H2,19,20,21)/t18-/m1/s1. The van der Waals surface area contributed by atoms with E-state index in [0.29, 0.717) is 5.95 Å². The monoisotopic (exact) mass is 346 g/mol. The van der Waals surface area contributed by atoms with E-state index in [1.54, 1.807) is 0 Å². The predicted octanol–water partition coefficient (Wildman–Crippen LogP) is 0.966. The number of nitrogen functional groups attached to an aromatic ring is 1. The molecule has 3 rings (SSSR count). The van der Waals surface area contributed by atoms with Crippen LogP contribution in [-0.2, 0) is 0 Å². The maximum absolute atomic E-state index is 9.93. The molecule has 138 valence electrons. The molecule has 2 fully saturated rings. The number of aliphatic hydroxyl groups is 1. The topological polar surface area (TPSA) is 81.8 Å². The first-order chi connectivity index (χ1) is 12.0. The maximum atomic E-state index is 9.93. The van der Waals surface area contributed by atoms with Gasteiger partial charge in [-0.1, -0.05) is 6.08 Å². The van der Waals surface area contributed by atoms with Gasteiger partial charge < -0.3 is 25.5 Å². The van der Waals surface area contributed by atoms with Crippen LogP contribution < -0.4 is 15.5 Å². The number of hydrogen-bond acceptors (Lipinski definition) is 7. The zero-order chi connectivity index (χ0) is 17.9. The van der Waals surface area contributed by atoms with Crippen LogP contribution in [0.1, 0.15) is 19.3 Å². The van der Waals surface area contributed by atoms with Gasteiger partial charge in [0.1, 0.15) is 11.6 Å². The molecule has 1 atom stereocenters. The highest BCUT2D eigenvalue weighted by atomic mass is 16.3. The van der Waals surface area contributed by atoms with E-state index < -0.39 is 0 Å². The fourth-order valence-electron chi connectivity index (χ4n) is 3.87. The smallest absolute Gasteiger partial charge is 0.223 e. The van der Waals surface area contributed by atoms with Gasteiger partial charge in [0, 0.05) is 50.7 Å². The number of hydrogen-bond donors (Lipinski definition) is 2. The molecule has 2 aliphatic rings. The van der Waals surface area contributed by atoms with Gasteiger partial charge in [0.05, 0.1) is 6.61 Å². The lowest BCUT2D eigenvalue weighted by Crippen LogP contribution is -2.46. The summed E-state index contributed by atoms with van der Waals surface area (Å²) in [6, 6.07) is 2.04. The van der Waals surface area contributed by atoms with Gasteiger partial charge >= 0.3 is 0 Å². The normalized spacial score (nSPS) is 25.2. The molecule has 7 nitrogen and oxygen atoms in total. The molecule has 3 N–H and O–H groups in total. The SMILES string of the molecule is C=CC[C@@]1(CO)CCCN(c2cc(N3CCN(C)CC3)nc(N)n2)C1. The van der Waals surface area contributed by atoms with Gasteiger partial charge in [-0.3, -0.25) is 0 Å². The molecule has 0 aliphatic carbocycles. The summed E-state index contributed by atoms with van der Waals surface area (Å²) < 4.78 is 0. The average molecular weight is 346 g/mol. The molecule has 2 aliphatic heterocycles. The van der Waals surface area contributed by atoms with Crippen molar-refractivity contribution in [3.8, 4) is 0 Å². The molecule has 25 heavy (non-hydrogen) atoms. The highest BCUT2D eigenvalue weighted by Crippen LogP contribution is 2.35. The van der Waals surface area contributed by atoms with Crippen LogP contribution in [0.15, 0.2) is 18.7 Å². The number of aromatic nitrogens is 2. The van der Waals surface area contributed by atoms with Crippen molar-refractivity contribution >= 4 is 17.6 Å². The average Bonchev–Trinajstić information content (AvgIpc) is 2.62. The Morgan fingerprint density at radius 1 is 1.20 bits per heavy atom. The number of rotatable bonds is 5. The van der Waals surface area contributed by atoms with E-state index in [-0.39, 0.29) is 12.0 Å². The van der Waals surface area contributed by atoms with Crippen molar-refractivity contribution < 1.29 is 5.11 Å². The Morgan fingerprint density at radius 3 is 2.52 bits per heavy atom. The van der Waals surface area contributed by atoms with Crippen LogP contribution >= 0.6 is 0 Å². The minimum atomic E-state index is -0.131. The Bertz CT molecular complexity index is 601. The second-order valence-electron chi connectivity index (χ2n) is 7.41. The van der Waals surface area contributed by atoms with E-state index in [9.17, 15) is 5.11 Å². The second kappa shape index (κ2) is 7.58. The molecular formula is C18H30N6O. The molecule has 0 unspecified atom stereocenters. The van der Waals surface area contributed by atoms with E-state index in [0.717, 1.165) is 70.2 Å². The number of anilines is 3. The molecular weight excluding hydrogens is 316 g/mol. The predicted molar refractivity (Wildman–Crippen MR) is 102 cm³/mol. The van der Waals surface area contributed by atoms with E-state index in [1.807, 2.05) is 12.1 Å². The Morgan fingerprint density at radius 2 is 1.88 bits per heavy atom. The lowest BCUT2D eigenvalue weighted by atomic mass is 9.78. The molecule has 7 heteroatoms. The minimum absolute atomic E-state index is 0.131. The lowest BCUT2D eigenvalue weighted by Gasteiger charge is -2.42. The van der Waals surface area contributed by atoms with Crippen molar-refractivity contribution in [1.29, 1.82) is 0 Å². The summed E-state index contributed by atoms with van der Waals surface area (Å²) in [6.07, 6.45) is 4.76. The fraction of sp³-hybridized carbons (Fsp3) is 0.667. The summed E-state index contributed by atoms with van der Waals surface area (Å²) in [5.74, 6) is 2.08. The number of piperazine rings is 1. The Labute approximate surface area is 150 Å². The van der Waals surface area contributed by atoms with Crippen molar-refractivity contribution in [2.45, 2.75) is 19.3 Å². The van der Waals surface area contributed by atoms with Gasteiger partial charge in [-0.2, -0.15) is 9.97 Å². The summed E-state index contributed by atoms with van der Waals surface area (Å²) in [4.78, 5) is 15.8. The first-order valence-corrected chi connectivity index (χ1v) is 9.10. The molecule has 1 aromatic rings. The maximum Gasteiger partial charge on any atom is 0.223 e. The van der Waals surface area contributed by atoms with E-state index >= 15 is 0 Å². The second-order valence-corrected chi connectivity index (χ2v) is 7.41. The molecule has 0 bridgehead atoms. The third kappa shape index (κ3) is 4.04. The summed E-state index contributed by atoms with van der Waals surface area (Å²) in [5.41, 5.74) is 5.88. The minimum Gasteiger partial charge on any atom is -0.396 e. The van der Waals surface area contributed by atoms with Gasteiger partial charge in [0.2, 0.25) is 5.95 Å². The van der Waals surface area contributed by atoms with Crippen LogP contribution in [0.2, 0.25) is 0 Å². The van der Waals surface area contributed by atoms with E-state index in [2.05, 4.69) is 38.3 Å². The van der Waals surface area contributed by atoms with Crippen LogP contribution in [0.3, 0.4) is 0 Å². The number of nitrogens with zero attached hydrogens (tertiary/aromatic N) is 5. The van der Waals surface area contributed by atoms with Gasteiger partial charge in [-0.05, 0) is 26.3 Å². The van der Waals surface area contributed by atoms with Gasteiger partial charge in [0.15, 0.2) is 0 Å². The van der Waals surface area contributed by atoms with Crippen molar-refractivity contribution in [2.75, 3.05) is 68.5 Å². The highest BCUT2D eigenvalue weighted by Gasteiger charge is 2.34. The van der Waals surface area contributed by atoms with Crippen molar-refractivity contribution in [2.24, 2.45) is 5.41 Å². The van der Waals surface area contributed by atoms with Crippen LogP contribution in [0.5, 0.6) is 0 Å². The highest BCUT2D eigenvalue weighted by molar-refractivity contribution is 5.54. The number of aliphatic hydroxyl groups excluding tert-OH is 1. The fourth-order valence-corrected chi connectivity index (χ4v) is 3.87. The molecule has 0 amide bonds. The Kier molecular flexibility index (Phi) is 5.44. The summed E-state index contributed by atoms with van der Waals surface area (Å²) >= 11 is 0.